The third-order valence-electron chi connectivity index (χ3n) is 3.79. The molecule has 1 fully saturated rings. The van der Waals surface area contributed by atoms with E-state index < -0.39 is 0 Å². The van der Waals surface area contributed by atoms with Crippen LogP contribution in [0.25, 0.3) is 0 Å². The fourth-order valence-electron chi connectivity index (χ4n) is 2.54. The minimum Gasteiger partial charge on any atom is -0.482 e. The first-order valence-electron chi connectivity index (χ1n) is 7.04. The van der Waals surface area contributed by atoms with E-state index in [1.807, 2.05) is 0 Å². The number of ether oxygens (including phenoxy) is 1. The normalized spacial score (nSPS) is 21.9. The number of carbonyl (C=O) groups is 1. The van der Waals surface area contributed by atoms with E-state index in [0.717, 1.165) is 19.3 Å². The molecular formula is C15H18Cl3NO2. The summed E-state index contributed by atoms with van der Waals surface area (Å²) < 4.78 is 5.42. The van der Waals surface area contributed by atoms with Crippen LogP contribution >= 0.6 is 34.8 Å². The Morgan fingerprint density at radius 1 is 1.19 bits per heavy atom. The predicted molar refractivity (Wildman–Crippen MR) is 86.5 cm³/mol. The first-order valence-corrected chi connectivity index (χ1v) is 8.17. The van der Waals surface area contributed by atoms with Crippen LogP contribution in [0.4, 0.5) is 0 Å². The first-order chi connectivity index (χ1) is 9.97. The zero-order valence-electron chi connectivity index (χ0n) is 11.8. The van der Waals surface area contributed by atoms with Crippen LogP contribution in [0.15, 0.2) is 12.1 Å². The lowest BCUT2D eigenvalue weighted by atomic mass is 9.86. The molecule has 0 radical (unpaired) electrons. The molecule has 1 aliphatic carbocycles. The summed E-state index contributed by atoms with van der Waals surface area (Å²) in [6, 6.07) is 3.25. The highest BCUT2D eigenvalue weighted by Crippen LogP contribution is 2.33. The van der Waals surface area contributed by atoms with Gasteiger partial charge in [0.25, 0.3) is 5.91 Å². The van der Waals surface area contributed by atoms with Crippen molar-refractivity contribution < 1.29 is 9.53 Å². The second-order valence-corrected chi connectivity index (χ2v) is 6.64. The third-order valence-corrected chi connectivity index (χ3v) is 4.81. The van der Waals surface area contributed by atoms with Crippen LogP contribution in [-0.4, -0.2) is 18.6 Å². The molecule has 1 aromatic carbocycles. The van der Waals surface area contributed by atoms with Crippen molar-refractivity contribution in [3.63, 3.8) is 0 Å². The SMILES string of the molecule is C[C@@H]1CCCC[C@H]1NC(=O)COc1cc(Cl)c(Cl)cc1Cl. The summed E-state index contributed by atoms with van der Waals surface area (Å²) in [6.07, 6.45) is 4.59. The summed E-state index contributed by atoms with van der Waals surface area (Å²) in [5.74, 6) is 0.727. The van der Waals surface area contributed by atoms with E-state index in [-0.39, 0.29) is 18.6 Å². The van der Waals surface area contributed by atoms with Crippen molar-refractivity contribution in [1.29, 1.82) is 0 Å². The van der Waals surface area contributed by atoms with Gasteiger partial charge in [-0.05, 0) is 24.8 Å². The van der Waals surface area contributed by atoms with E-state index in [1.54, 1.807) is 0 Å². The smallest absolute Gasteiger partial charge is 0.258 e. The van der Waals surface area contributed by atoms with Crippen LogP contribution < -0.4 is 10.1 Å². The van der Waals surface area contributed by atoms with E-state index in [1.165, 1.54) is 18.6 Å². The summed E-state index contributed by atoms with van der Waals surface area (Å²) in [6.45, 7) is 2.09. The van der Waals surface area contributed by atoms with E-state index in [0.29, 0.717) is 26.7 Å². The minimum absolute atomic E-state index is 0.0824. The highest BCUT2D eigenvalue weighted by molar-refractivity contribution is 6.43. The van der Waals surface area contributed by atoms with Gasteiger partial charge in [-0.15, -0.1) is 0 Å². The number of nitrogens with one attached hydrogen (secondary N) is 1. The molecule has 1 saturated carbocycles. The Kier molecular flexibility index (Phi) is 6.03. The number of hydrogen-bond donors (Lipinski definition) is 1. The van der Waals surface area contributed by atoms with Gasteiger partial charge in [0.2, 0.25) is 0 Å². The molecule has 1 N–H and O–H groups in total. The number of carbonyl (C=O) groups excluding carboxylic acids is 1. The lowest BCUT2D eigenvalue weighted by Gasteiger charge is -2.29. The maximum atomic E-state index is 12.0. The van der Waals surface area contributed by atoms with E-state index in [4.69, 9.17) is 39.5 Å². The van der Waals surface area contributed by atoms with E-state index in [2.05, 4.69) is 12.2 Å². The number of benzene rings is 1. The van der Waals surface area contributed by atoms with Gasteiger partial charge in [-0.25, -0.2) is 0 Å². The van der Waals surface area contributed by atoms with Gasteiger partial charge >= 0.3 is 0 Å². The van der Waals surface area contributed by atoms with Crippen LogP contribution in [0, 0.1) is 5.92 Å². The first kappa shape index (κ1) is 16.7. The Balaban J connectivity index is 1.88. The molecule has 0 spiro atoms. The Morgan fingerprint density at radius 3 is 2.57 bits per heavy atom. The molecule has 0 bridgehead atoms. The van der Waals surface area contributed by atoms with Crippen LogP contribution in [0.5, 0.6) is 5.75 Å². The van der Waals surface area contributed by atoms with Crippen molar-refractivity contribution >= 4 is 40.7 Å². The zero-order chi connectivity index (χ0) is 15.4. The number of amides is 1. The molecule has 116 valence electrons. The van der Waals surface area contributed by atoms with Crippen molar-refractivity contribution in [1.82, 2.24) is 5.32 Å². The lowest BCUT2D eigenvalue weighted by Crippen LogP contribution is -2.43. The van der Waals surface area contributed by atoms with Crippen LogP contribution in [-0.2, 0) is 4.79 Å². The van der Waals surface area contributed by atoms with Gasteiger partial charge in [0.05, 0.1) is 15.1 Å². The molecule has 1 amide bonds. The van der Waals surface area contributed by atoms with Crippen molar-refractivity contribution in [3.8, 4) is 5.75 Å². The molecule has 21 heavy (non-hydrogen) atoms. The van der Waals surface area contributed by atoms with Crippen LogP contribution in [0.1, 0.15) is 32.6 Å². The molecule has 1 aromatic rings. The average Bonchev–Trinajstić information content (AvgIpc) is 2.44. The number of rotatable bonds is 4. The lowest BCUT2D eigenvalue weighted by molar-refractivity contribution is -0.124. The average molecular weight is 351 g/mol. The fraction of sp³-hybridized carbons (Fsp3) is 0.533. The molecule has 0 saturated heterocycles. The molecule has 0 aliphatic heterocycles. The summed E-state index contributed by atoms with van der Waals surface area (Å²) in [4.78, 5) is 12.0. The maximum Gasteiger partial charge on any atom is 0.258 e. The fourth-order valence-corrected chi connectivity index (χ4v) is 3.13. The highest BCUT2D eigenvalue weighted by Gasteiger charge is 2.23. The number of hydrogen-bond acceptors (Lipinski definition) is 2. The van der Waals surface area contributed by atoms with Gasteiger partial charge < -0.3 is 10.1 Å². The molecule has 3 nitrogen and oxygen atoms in total. The molecule has 0 unspecified atom stereocenters. The standard InChI is InChI=1S/C15H18Cl3NO2/c1-9-4-2-3-5-13(9)19-15(20)8-21-14-7-11(17)10(16)6-12(14)18/h6-7,9,13H,2-5,8H2,1H3,(H,19,20)/t9-,13-/m1/s1. The minimum atomic E-state index is -0.143. The van der Waals surface area contributed by atoms with Gasteiger partial charge in [0.15, 0.2) is 6.61 Å². The Labute approximate surface area is 139 Å². The highest BCUT2D eigenvalue weighted by atomic mass is 35.5. The van der Waals surface area contributed by atoms with Gasteiger partial charge in [0, 0.05) is 12.1 Å². The van der Waals surface area contributed by atoms with Gasteiger partial charge in [-0.3, -0.25) is 4.79 Å². The maximum absolute atomic E-state index is 12.0. The van der Waals surface area contributed by atoms with Crippen molar-refractivity contribution in [2.45, 2.75) is 38.6 Å². The third kappa shape index (κ3) is 4.67. The Morgan fingerprint density at radius 2 is 1.86 bits per heavy atom. The Bertz CT molecular complexity index is 522. The molecule has 2 rings (SSSR count). The molecule has 6 heteroatoms. The molecular weight excluding hydrogens is 333 g/mol. The molecule has 2 atom stereocenters. The Hall–Kier alpha value is -0.640. The zero-order valence-corrected chi connectivity index (χ0v) is 14.1. The van der Waals surface area contributed by atoms with Crippen molar-refractivity contribution in [2.24, 2.45) is 5.92 Å². The predicted octanol–water partition coefficient (Wildman–Crippen LogP) is 4.72. The van der Waals surface area contributed by atoms with Gasteiger partial charge in [0.1, 0.15) is 5.75 Å². The van der Waals surface area contributed by atoms with Gasteiger partial charge in [-0.2, -0.15) is 0 Å². The van der Waals surface area contributed by atoms with Gasteiger partial charge in [-0.1, -0.05) is 54.6 Å². The van der Waals surface area contributed by atoms with E-state index in [9.17, 15) is 4.79 Å². The molecule has 0 aromatic heterocycles. The summed E-state index contributed by atoms with van der Waals surface area (Å²) in [7, 11) is 0. The van der Waals surface area contributed by atoms with Crippen LogP contribution in [0.3, 0.4) is 0 Å². The second kappa shape index (κ2) is 7.57. The quantitative estimate of drug-likeness (QED) is 0.798. The monoisotopic (exact) mass is 349 g/mol. The summed E-state index contributed by atoms with van der Waals surface area (Å²) in [5.41, 5.74) is 0. The van der Waals surface area contributed by atoms with Crippen molar-refractivity contribution in [2.75, 3.05) is 6.61 Å². The molecule has 0 heterocycles. The van der Waals surface area contributed by atoms with Crippen molar-refractivity contribution in [3.05, 3.63) is 27.2 Å². The number of halogens is 3. The molecule has 1 aliphatic rings. The van der Waals surface area contributed by atoms with E-state index >= 15 is 0 Å². The largest absolute Gasteiger partial charge is 0.482 e. The topological polar surface area (TPSA) is 38.3 Å². The summed E-state index contributed by atoms with van der Waals surface area (Å²) in [5, 5.41) is 4.06. The second-order valence-electron chi connectivity index (χ2n) is 5.42. The van der Waals surface area contributed by atoms with Crippen LogP contribution in [0.2, 0.25) is 15.1 Å². The summed E-state index contributed by atoms with van der Waals surface area (Å²) >= 11 is 17.7.